The number of hydrogen-bond donors (Lipinski definition) is 1. The molecule has 1 saturated heterocycles. The number of halogens is 2. The summed E-state index contributed by atoms with van der Waals surface area (Å²) in [4.78, 5) is 12.0. The fourth-order valence-electron chi connectivity index (χ4n) is 1.83. The molecule has 0 saturated carbocycles. The van der Waals surface area contributed by atoms with Crippen LogP contribution in [0.1, 0.15) is 22.1 Å². The zero-order valence-corrected chi connectivity index (χ0v) is 9.81. The summed E-state index contributed by atoms with van der Waals surface area (Å²) in [6.07, 6.45) is 1.48. The molecular weight excluding hydrogens is 254 g/mol. The highest BCUT2D eigenvalue weighted by Gasteiger charge is 2.23. The van der Waals surface area contributed by atoms with Crippen molar-refractivity contribution in [2.75, 3.05) is 13.1 Å². The maximum absolute atomic E-state index is 13.5. The fraction of sp³-hybridized carbons (Fsp3) is 0.250. The monoisotopic (exact) mass is 264 g/mol. The smallest absolute Gasteiger partial charge is 0.217 e. The van der Waals surface area contributed by atoms with Crippen LogP contribution in [0.15, 0.2) is 24.4 Å². The Morgan fingerprint density at radius 1 is 1.37 bits per heavy atom. The minimum Gasteiger partial charge on any atom is -0.312 e. The van der Waals surface area contributed by atoms with Crippen molar-refractivity contribution in [3.05, 3.63) is 47.3 Å². The van der Waals surface area contributed by atoms with Gasteiger partial charge in [0.1, 0.15) is 11.6 Å². The quantitative estimate of drug-likeness (QED) is 0.838. The number of nitrogens with zero attached hydrogens (tertiary/aromatic N) is 3. The lowest BCUT2D eigenvalue weighted by atomic mass is 10.1. The Balaban J connectivity index is 1.88. The molecule has 0 atom stereocenters. The van der Waals surface area contributed by atoms with Crippen LogP contribution in [0.25, 0.3) is 0 Å². The summed E-state index contributed by atoms with van der Waals surface area (Å²) in [6.45, 7) is 1.53. The highest BCUT2D eigenvalue weighted by atomic mass is 19.1. The Bertz CT molecular complexity index is 636. The van der Waals surface area contributed by atoms with E-state index in [1.165, 1.54) is 6.20 Å². The SMILES string of the molecule is O=C(c1cn(C2CNC2)nn1)c1ccc(F)cc1F. The summed E-state index contributed by atoms with van der Waals surface area (Å²) in [7, 11) is 0. The van der Waals surface area contributed by atoms with E-state index in [2.05, 4.69) is 15.6 Å². The van der Waals surface area contributed by atoms with E-state index in [0.29, 0.717) is 6.07 Å². The molecule has 0 spiro atoms. The number of carbonyl (C=O) groups excluding carboxylic acids is 1. The number of aromatic nitrogens is 3. The molecule has 1 aliphatic rings. The molecule has 1 aromatic carbocycles. The van der Waals surface area contributed by atoms with Gasteiger partial charge in [0.25, 0.3) is 0 Å². The number of hydrogen-bond acceptors (Lipinski definition) is 4. The molecule has 0 unspecified atom stereocenters. The van der Waals surface area contributed by atoms with Crippen LogP contribution in [0.4, 0.5) is 8.78 Å². The van der Waals surface area contributed by atoms with E-state index in [1.54, 1.807) is 4.68 Å². The summed E-state index contributed by atoms with van der Waals surface area (Å²) in [5, 5.41) is 10.6. The topological polar surface area (TPSA) is 59.8 Å². The van der Waals surface area contributed by atoms with Crippen LogP contribution in [0, 0.1) is 11.6 Å². The van der Waals surface area contributed by atoms with Gasteiger partial charge in [-0.15, -0.1) is 5.10 Å². The van der Waals surface area contributed by atoms with Crippen molar-refractivity contribution >= 4 is 5.78 Å². The second-order valence-electron chi connectivity index (χ2n) is 4.35. The molecule has 1 fully saturated rings. The average molecular weight is 264 g/mol. The minimum atomic E-state index is -0.898. The van der Waals surface area contributed by atoms with Gasteiger partial charge in [0.2, 0.25) is 5.78 Å². The molecule has 3 rings (SSSR count). The maximum Gasteiger partial charge on any atom is 0.217 e. The Morgan fingerprint density at radius 3 is 2.79 bits per heavy atom. The zero-order chi connectivity index (χ0) is 13.4. The first-order valence-corrected chi connectivity index (χ1v) is 5.77. The molecule has 7 heteroatoms. The summed E-state index contributed by atoms with van der Waals surface area (Å²) in [5.41, 5.74) is -0.155. The summed E-state index contributed by atoms with van der Waals surface area (Å²) in [5.74, 6) is -2.22. The molecule has 0 amide bonds. The lowest BCUT2D eigenvalue weighted by Gasteiger charge is -2.26. The average Bonchev–Trinajstić information content (AvgIpc) is 2.75. The predicted octanol–water partition coefficient (Wildman–Crippen LogP) is 0.932. The van der Waals surface area contributed by atoms with Crippen LogP contribution < -0.4 is 5.32 Å². The number of ketones is 1. The van der Waals surface area contributed by atoms with Gasteiger partial charge in [-0.2, -0.15) is 0 Å². The van der Waals surface area contributed by atoms with E-state index in [4.69, 9.17) is 0 Å². The van der Waals surface area contributed by atoms with Gasteiger partial charge in [-0.25, -0.2) is 13.5 Å². The minimum absolute atomic E-state index is 0.0532. The Morgan fingerprint density at radius 2 is 2.16 bits per heavy atom. The second kappa shape index (κ2) is 4.51. The summed E-state index contributed by atoms with van der Waals surface area (Å²) >= 11 is 0. The molecular formula is C12H10F2N4O. The predicted molar refractivity (Wildman–Crippen MR) is 61.7 cm³/mol. The van der Waals surface area contributed by atoms with Gasteiger partial charge in [0.05, 0.1) is 17.8 Å². The normalized spacial score (nSPS) is 15.3. The van der Waals surface area contributed by atoms with Crippen LogP contribution in [-0.2, 0) is 0 Å². The lowest BCUT2D eigenvalue weighted by Crippen LogP contribution is -2.43. The largest absolute Gasteiger partial charge is 0.312 e. The first-order chi connectivity index (χ1) is 9.15. The van der Waals surface area contributed by atoms with Gasteiger partial charge >= 0.3 is 0 Å². The van der Waals surface area contributed by atoms with Gasteiger partial charge < -0.3 is 5.32 Å². The van der Waals surface area contributed by atoms with Crippen LogP contribution in [-0.4, -0.2) is 33.9 Å². The molecule has 2 aromatic rings. The second-order valence-corrected chi connectivity index (χ2v) is 4.35. The molecule has 1 aromatic heterocycles. The highest BCUT2D eigenvalue weighted by Crippen LogP contribution is 2.15. The van der Waals surface area contributed by atoms with Crippen molar-refractivity contribution < 1.29 is 13.6 Å². The third kappa shape index (κ3) is 2.12. The number of nitrogens with one attached hydrogen (secondary N) is 1. The fourth-order valence-corrected chi connectivity index (χ4v) is 1.83. The number of benzene rings is 1. The third-order valence-electron chi connectivity index (χ3n) is 3.05. The molecule has 0 aliphatic carbocycles. The van der Waals surface area contributed by atoms with Crippen molar-refractivity contribution in [3.63, 3.8) is 0 Å². The van der Waals surface area contributed by atoms with E-state index in [-0.39, 0.29) is 17.3 Å². The number of rotatable bonds is 3. The van der Waals surface area contributed by atoms with E-state index in [1.807, 2.05) is 0 Å². The van der Waals surface area contributed by atoms with Crippen molar-refractivity contribution in [2.45, 2.75) is 6.04 Å². The van der Waals surface area contributed by atoms with Crippen LogP contribution >= 0.6 is 0 Å². The van der Waals surface area contributed by atoms with E-state index in [9.17, 15) is 13.6 Å². The molecule has 0 radical (unpaired) electrons. The molecule has 5 nitrogen and oxygen atoms in total. The van der Waals surface area contributed by atoms with Crippen molar-refractivity contribution in [1.29, 1.82) is 0 Å². The van der Waals surface area contributed by atoms with E-state index < -0.39 is 17.4 Å². The van der Waals surface area contributed by atoms with E-state index >= 15 is 0 Å². The zero-order valence-electron chi connectivity index (χ0n) is 9.81. The standard InChI is InChI=1S/C12H10F2N4O/c13-7-1-2-9(10(14)3-7)12(19)11-6-18(17-16-11)8-4-15-5-8/h1-3,6,8,15H,4-5H2. The van der Waals surface area contributed by atoms with Gasteiger partial charge in [-0.1, -0.05) is 5.21 Å². The number of carbonyl (C=O) groups is 1. The summed E-state index contributed by atoms with van der Waals surface area (Å²) in [6, 6.07) is 2.99. The van der Waals surface area contributed by atoms with Crippen LogP contribution in [0.2, 0.25) is 0 Å². The molecule has 2 heterocycles. The molecule has 19 heavy (non-hydrogen) atoms. The first-order valence-electron chi connectivity index (χ1n) is 5.77. The van der Waals surface area contributed by atoms with Crippen molar-refractivity contribution in [2.24, 2.45) is 0 Å². The Kier molecular flexibility index (Phi) is 2.83. The lowest BCUT2D eigenvalue weighted by molar-refractivity contribution is 0.103. The first kappa shape index (κ1) is 11.9. The molecule has 98 valence electrons. The van der Waals surface area contributed by atoms with Gasteiger partial charge in [0, 0.05) is 19.2 Å². The highest BCUT2D eigenvalue weighted by molar-refractivity contribution is 6.07. The third-order valence-corrected chi connectivity index (χ3v) is 3.05. The summed E-state index contributed by atoms with van der Waals surface area (Å²) < 4.78 is 27.9. The Hall–Kier alpha value is -2.15. The maximum atomic E-state index is 13.5. The van der Waals surface area contributed by atoms with E-state index in [0.717, 1.165) is 25.2 Å². The molecule has 1 aliphatic heterocycles. The van der Waals surface area contributed by atoms with Gasteiger partial charge in [-0.3, -0.25) is 4.79 Å². The molecule has 1 N–H and O–H groups in total. The van der Waals surface area contributed by atoms with Crippen molar-refractivity contribution in [3.8, 4) is 0 Å². The Labute approximate surface area is 107 Å². The van der Waals surface area contributed by atoms with Gasteiger partial charge in [-0.05, 0) is 12.1 Å². The van der Waals surface area contributed by atoms with Gasteiger partial charge in [0.15, 0.2) is 5.69 Å². The van der Waals surface area contributed by atoms with Crippen LogP contribution in [0.3, 0.4) is 0 Å². The van der Waals surface area contributed by atoms with Crippen LogP contribution in [0.5, 0.6) is 0 Å². The van der Waals surface area contributed by atoms with Crippen molar-refractivity contribution in [1.82, 2.24) is 20.3 Å². The molecule has 0 bridgehead atoms.